The summed E-state index contributed by atoms with van der Waals surface area (Å²) in [6, 6.07) is 10.9. The molecule has 9 heteroatoms. The quantitative estimate of drug-likeness (QED) is 0.336. The van der Waals surface area contributed by atoms with Crippen LogP contribution in [0.1, 0.15) is 6.42 Å². The lowest BCUT2D eigenvalue weighted by Gasteiger charge is -2.14. The summed E-state index contributed by atoms with van der Waals surface area (Å²) in [7, 11) is 4.10. The highest BCUT2D eigenvalue weighted by Gasteiger charge is 2.08. The van der Waals surface area contributed by atoms with Gasteiger partial charge in [-0.3, -0.25) is 15.8 Å². The molecule has 7 nitrogen and oxygen atoms in total. The molecule has 0 fully saturated rings. The number of rotatable bonds is 9. The van der Waals surface area contributed by atoms with Crippen molar-refractivity contribution in [3.05, 3.63) is 58.8 Å². The Morgan fingerprint density at radius 1 is 0.966 bits per heavy atom. The van der Waals surface area contributed by atoms with Gasteiger partial charge in [-0.05, 0) is 57.4 Å². The first-order valence-electron chi connectivity index (χ1n) is 9.16. The van der Waals surface area contributed by atoms with Gasteiger partial charge in [0.1, 0.15) is 0 Å². The first-order valence-corrected chi connectivity index (χ1v) is 9.92. The smallest absolute Gasteiger partial charge is 0.225 e. The largest absolute Gasteiger partial charge is 0.354 e. The average molecular weight is 432 g/mol. The number of pyridine rings is 1. The fraction of sp³-hybridized carbons (Fsp3) is 0.250. The van der Waals surface area contributed by atoms with Crippen molar-refractivity contribution >= 4 is 40.7 Å². The van der Waals surface area contributed by atoms with Crippen LogP contribution in [0.15, 0.2) is 48.8 Å². The van der Waals surface area contributed by atoms with Crippen LogP contribution in [0.2, 0.25) is 10.0 Å². The van der Waals surface area contributed by atoms with Crippen LogP contribution in [-0.4, -0.2) is 47.0 Å². The molecule has 0 amide bonds. The van der Waals surface area contributed by atoms with Crippen LogP contribution in [0.25, 0.3) is 11.3 Å². The van der Waals surface area contributed by atoms with E-state index in [9.17, 15) is 0 Å². The van der Waals surface area contributed by atoms with Crippen LogP contribution in [0, 0.1) is 0 Å². The van der Waals surface area contributed by atoms with Crippen LogP contribution >= 0.6 is 23.2 Å². The lowest BCUT2D eigenvalue weighted by molar-refractivity contribution is 0.405. The second-order valence-corrected chi connectivity index (χ2v) is 7.50. The van der Waals surface area contributed by atoms with E-state index in [0.29, 0.717) is 27.5 Å². The predicted octanol–water partition coefficient (Wildman–Crippen LogP) is 4.65. The number of halogens is 2. The van der Waals surface area contributed by atoms with Crippen molar-refractivity contribution in [2.24, 2.45) is 0 Å². The van der Waals surface area contributed by atoms with E-state index in [1.165, 1.54) is 0 Å². The zero-order chi connectivity index (χ0) is 20.6. The molecule has 0 saturated carbocycles. The monoisotopic (exact) mass is 431 g/mol. The molecule has 2 heterocycles. The van der Waals surface area contributed by atoms with E-state index < -0.39 is 0 Å². The van der Waals surface area contributed by atoms with E-state index >= 15 is 0 Å². The third-order valence-corrected chi connectivity index (χ3v) is 4.57. The number of anilines is 3. The lowest BCUT2D eigenvalue weighted by Crippen LogP contribution is -2.17. The van der Waals surface area contributed by atoms with E-state index in [0.717, 1.165) is 30.8 Å². The van der Waals surface area contributed by atoms with Crippen molar-refractivity contribution in [1.29, 1.82) is 0 Å². The van der Waals surface area contributed by atoms with E-state index in [1.807, 2.05) is 18.2 Å². The zero-order valence-electron chi connectivity index (χ0n) is 16.3. The Morgan fingerprint density at radius 2 is 1.76 bits per heavy atom. The third kappa shape index (κ3) is 6.45. The van der Waals surface area contributed by atoms with Gasteiger partial charge in [-0.25, -0.2) is 4.98 Å². The molecule has 3 rings (SSSR count). The molecule has 29 heavy (non-hydrogen) atoms. The summed E-state index contributed by atoms with van der Waals surface area (Å²) >= 11 is 12.2. The Bertz CT molecular complexity index is 935. The van der Waals surface area contributed by atoms with Crippen molar-refractivity contribution < 1.29 is 0 Å². The summed E-state index contributed by atoms with van der Waals surface area (Å²) in [6.45, 7) is 1.76. The predicted molar refractivity (Wildman–Crippen MR) is 121 cm³/mol. The van der Waals surface area contributed by atoms with Crippen molar-refractivity contribution in [2.75, 3.05) is 43.4 Å². The summed E-state index contributed by atoms with van der Waals surface area (Å²) in [5, 5.41) is 4.38. The molecular weight excluding hydrogens is 409 g/mol. The Kier molecular flexibility index (Phi) is 7.46. The number of benzene rings is 1. The highest BCUT2D eigenvalue weighted by atomic mass is 35.5. The molecule has 0 unspecified atom stereocenters. The Morgan fingerprint density at radius 3 is 2.48 bits per heavy atom. The summed E-state index contributed by atoms with van der Waals surface area (Å²) < 4.78 is 0. The molecule has 0 aliphatic carbocycles. The topological polar surface area (TPSA) is 78.0 Å². The number of nitrogens with zero attached hydrogens (tertiary/aromatic N) is 4. The van der Waals surface area contributed by atoms with Crippen molar-refractivity contribution in [3.8, 4) is 11.3 Å². The molecule has 1 aromatic carbocycles. The van der Waals surface area contributed by atoms with Crippen molar-refractivity contribution in [2.45, 2.75) is 6.42 Å². The van der Waals surface area contributed by atoms with Crippen LogP contribution in [0.4, 0.5) is 17.5 Å². The Balaban J connectivity index is 1.78. The third-order valence-electron chi connectivity index (χ3n) is 4.02. The van der Waals surface area contributed by atoms with Gasteiger partial charge in [0.05, 0.1) is 16.4 Å². The summed E-state index contributed by atoms with van der Waals surface area (Å²) in [4.78, 5) is 15.4. The maximum Gasteiger partial charge on any atom is 0.225 e. The van der Waals surface area contributed by atoms with Gasteiger partial charge in [0.25, 0.3) is 0 Å². The van der Waals surface area contributed by atoms with Crippen LogP contribution in [0.5, 0.6) is 0 Å². The fourth-order valence-electron chi connectivity index (χ4n) is 2.58. The van der Waals surface area contributed by atoms with E-state index in [4.69, 9.17) is 23.2 Å². The molecule has 3 N–H and O–H groups in total. The van der Waals surface area contributed by atoms with Gasteiger partial charge in [-0.2, -0.15) is 4.98 Å². The minimum absolute atomic E-state index is 0.510. The van der Waals surface area contributed by atoms with Gasteiger partial charge >= 0.3 is 0 Å². The molecule has 2 aromatic heterocycles. The van der Waals surface area contributed by atoms with Crippen LogP contribution in [0.3, 0.4) is 0 Å². The maximum atomic E-state index is 6.22. The highest BCUT2D eigenvalue weighted by Crippen LogP contribution is 2.26. The zero-order valence-corrected chi connectivity index (χ0v) is 17.8. The molecule has 0 radical (unpaired) electrons. The van der Waals surface area contributed by atoms with Gasteiger partial charge in [0, 0.05) is 35.6 Å². The SMILES string of the molecule is CN(C)CCCNc1nc(NNc2ccc(Cl)cc2Cl)cc(-c2ccncc2)n1. The highest BCUT2D eigenvalue weighted by molar-refractivity contribution is 6.36. The maximum absolute atomic E-state index is 6.22. The van der Waals surface area contributed by atoms with Crippen LogP contribution in [-0.2, 0) is 0 Å². The Labute approximate surface area is 180 Å². The second kappa shape index (κ2) is 10.2. The molecule has 152 valence electrons. The van der Waals surface area contributed by atoms with Crippen molar-refractivity contribution in [3.63, 3.8) is 0 Å². The normalized spacial score (nSPS) is 10.8. The standard InChI is InChI=1S/C20H23Cl2N7/c1-29(2)11-3-8-24-20-25-18(14-6-9-23-10-7-14)13-19(26-20)28-27-17-5-4-15(21)12-16(17)22/h4-7,9-10,12-13,27H,3,8,11H2,1-2H3,(H2,24,25,26,28). The number of hydrogen-bond acceptors (Lipinski definition) is 7. The van der Waals surface area contributed by atoms with Gasteiger partial charge in [-0.1, -0.05) is 23.2 Å². The summed E-state index contributed by atoms with van der Waals surface area (Å²) in [5.41, 5.74) is 8.58. The summed E-state index contributed by atoms with van der Waals surface area (Å²) in [6.07, 6.45) is 4.46. The molecule has 0 aliphatic rings. The van der Waals surface area contributed by atoms with Gasteiger partial charge < -0.3 is 10.2 Å². The average Bonchev–Trinajstić information content (AvgIpc) is 2.71. The van der Waals surface area contributed by atoms with Gasteiger partial charge in [0.15, 0.2) is 5.82 Å². The summed E-state index contributed by atoms with van der Waals surface area (Å²) in [5.74, 6) is 1.15. The van der Waals surface area contributed by atoms with Gasteiger partial charge in [-0.15, -0.1) is 0 Å². The van der Waals surface area contributed by atoms with Crippen LogP contribution < -0.4 is 16.2 Å². The number of hydrazine groups is 1. The van der Waals surface area contributed by atoms with Crippen molar-refractivity contribution in [1.82, 2.24) is 19.9 Å². The molecular formula is C20H23Cl2N7. The molecule has 0 saturated heterocycles. The molecule has 0 spiro atoms. The Hall–Kier alpha value is -2.61. The number of aromatic nitrogens is 3. The molecule has 3 aromatic rings. The first-order chi connectivity index (χ1) is 14.0. The number of nitrogens with one attached hydrogen (secondary N) is 3. The fourth-order valence-corrected chi connectivity index (χ4v) is 3.03. The number of hydrogen-bond donors (Lipinski definition) is 3. The van der Waals surface area contributed by atoms with E-state index in [1.54, 1.807) is 30.6 Å². The van der Waals surface area contributed by atoms with E-state index in [-0.39, 0.29) is 0 Å². The molecule has 0 bridgehead atoms. The van der Waals surface area contributed by atoms with E-state index in [2.05, 4.69) is 50.1 Å². The molecule has 0 aliphatic heterocycles. The minimum Gasteiger partial charge on any atom is -0.354 e. The second-order valence-electron chi connectivity index (χ2n) is 6.66. The van der Waals surface area contributed by atoms with Gasteiger partial charge in [0.2, 0.25) is 5.95 Å². The lowest BCUT2D eigenvalue weighted by atomic mass is 10.2. The first kappa shape index (κ1) is 21.1. The minimum atomic E-state index is 0.510. The molecule has 0 atom stereocenters.